The van der Waals surface area contributed by atoms with Crippen molar-refractivity contribution in [1.29, 1.82) is 0 Å². The van der Waals surface area contributed by atoms with Gasteiger partial charge in [0.05, 0.1) is 40.1 Å². The van der Waals surface area contributed by atoms with E-state index in [1.54, 1.807) is 6.20 Å². The number of anilines is 2. The van der Waals surface area contributed by atoms with Crippen molar-refractivity contribution in [1.82, 2.24) is 31.2 Å². The summed E-state index contributed by atoms with van der Waals surface area (Å²) in [5.41, 5.74) is 4.93. The van der Waals surface area contributed by atoms with Gasteiger partial charge in [-0.15, -0.1) is 0 Å². The van der Waals surface area contributed by atoms with E-state index >= 15 is 0 Å². The van der Waals surface area contributed by atoms with Crippen molar-refractivity contribution in [2.24, 2.45) is 0 Å². The number of thiazole rings is 1. The minimum atomic E-state index is -0.103. The van der Waals surface area contributed by atoms with Gasteiger partial charge in [-0.25, -0.2) is 9.78 Å². The number of aryl methyl sites for hydroxylation is 1. The van der Waals surface area contributed by atoms with Crippen LogP contribution in [0.4, 0.5) is 15.6 Å². The predicted octanol–water partition coefficient (Wildman–Crippen LogP) is 6.87. The largest absolute Gasteiger partial charge is 0.356 e. The first-order valence-electron chi connectivity index (χ1n) is 20.4. The molecule has 0 saturated carbocycles. The Morgan fingerprint density at radius 1 is 0.759 bits per heavy atom. The quantitative estimate of drug-likeness (QED) is 0.0367. The van der Waals surface area contributed by atoms with Crippen molar-refractivity contribution >= 4 is 73.8 Å². The zero-order valence-corrected chi connectivity index (χ0v) is 34.7. The predicted molar refractivity (Wildman–Crippen MR) is 232 cm³/mol. The number of aromatic nitrogens is 2. The first-order valence-corrected chi connectivity index (χ1v) is 22.3. The average molecular weight is 827 g/mol. The van der Waals surface area contributed by atoms with E-state index in [0.717, 1.165) is 89.7 Å². The molecule has 3 atom stereocenters. The third-order valence-electron chi connectivity index (χ3n) is 10.4. The van der Waals surface area contributed by atoms with Crippen LogP contribution in [0.15, 0.2) is 60.8 Å². The Bertz CT molecular complexity index is 2040. The molecule has 0 bridgehead atoms. The van der Waals surface area contributed by atoms with E-state index in [9.17, 15) is 24.0 Å². The minimum absolute atomic E-state index is 0.0326. The molecule has 2 aliphatic rings. The summed E-state index contributed by atoms with van der Waals surface area (Å²) in [5, 5.41) is 18.8. The number of hydrogen-bond donors (Lipinski definition) is 6. The summed E-state index contributed by atoms with van der Waals surface area (Å²) in [6.07, 6.45) is 11.1. The van der Waals surface area contributed by atoms with Crippen LogP contribution >= 0.6 is 23.1 Å². The summed E-state index contributed by atoms with van der Waals surface area (Å²) in [7, 11) is 0. The summed E-state index contributed by atoms with van der Waals surface area (Å²) in [5.74, 6) is 0.867. The van der Waals surface area contributed by atoms with Crippen LogP contribution in [-0.4, -0.2) is 75.8 Å². The lowest BCUT2D eigenvalue weighted by Crippen LogP contribution is -2.36. The second-order valence-electron chi connectivity index (χ2n) is 15.0. The summed E-state index contributed by atoms with van der Waals surface area (Å²) in [4.78, 5) is 70.5. The minimum Gasteiger partial charge on any atom is -0.356 e. The van der Waals surface area contributed by atoms with Gasteiger partial charge >= 0.3 is 6.03 Å². The number of nitrogens with one attached hydrogen (secondary N) is 6. The number of rotatable bonds is 22. The highest BCUT2D eigenvalue weighted by atomic mass is 32.2. The topological polar surface area (TPSA) is 183 Å². The number of carbonyl (C=O) groups is 5. The van der Waals surface area contributed by atoms with Gasteiger partial charge in [-0.1, -0.05) is 67.0 Å². The van der Waals surface area contributed by atoms with E-state index in [4.69, 9.17) is 0 Å². The monoisotopic (exact) mass is 826 g/mol. The molecule has 2 saturated heterocycles. The number of fused-ring (bicyclic) bond motifs is 2. The highest BCUT2D eigenvalue weighted by Gasteiger charge is 2.42. The Morgan fingerprint density at radius 3 is 2.21 bits per heavy atom. The van der Waals surface area contributed by atoms with E-state index in [1.807, 2.05) is 73.3 Å². The lowest BCUT2D eigenvalue weighted by Gasteiger charge is -2.16. The molecule has 15 heteroatoms. The van der Waals surface area contributed by atoms with Crippen LogP contribution in [0, 0.1) is 6.92 Å². The molecule has 2 aromatic heterocycles. The van der Waals surface area contributed by atoms with Crippen molar-refractivity contribution in [3.8, 4) is 11.1 Å². The first-order chi connectivity index (χ1) is 28.2. The number of urea groups is 1. The van der Waals surface area contributed by atoms with E-state index in [1.165, 1.54) is 11.3 Å². The Labute approximate surface area is 348 Å². The number of unbranched alkanes of at least 4 members (excludes halogenated alkanes) is 5. The molecule has 6 amide bonds. The molecule has 6 rings (SSSR count). The number of nitrogens with zero attached hydrogens (tertiary/aromatic N) is 2. The molecule has 0 aliphatic carbocycles. The molecular formula is C43H54N8O5S2. The molecule has 4 aromatic rings. The second-order valence-corrected chi connectivity index (χ2v) is 17.3. The van der Waals surface area contributed by atoms with Gasteiger partial charge in [0.2, 0.25) is 23.6 Å². The van der Waals surface area contributed by atoms with E-state index < -0.39 is 0 Å². The number of thioether (sulfide) groups is 1. The lowest BCUT2D eigenvalue weighted by atomic mass is 10.0. The molecule has 2 fully saturated rings. The van der Waals surface area contributed by atoms with Crippen molar-refractivity contribution in [2.45, 2.75) is 108 Å². The van der Waals surface area contributed by atoms with Gasteiger partial charge in [0.25, 0.3) is 0 Å². The Balaban J connectivity index is 0.785. The SMILES string of the molecule is Cc1ncc(-c2ccc3nc(NC(=O)CCCCCNC(=O)CCCCCNC(=O)CCCC[C@@H]4SC[C@@H]5NC(=O)N[C@@H]54)sc3c2)cc1NC(=O)Cc1ccccc1. The fourth-order valence-corrected chi connectivity index (χ4v) is 9.68. The molecule has 2 aromatic carbocycles. The number of benzene rings is 2. The Kier molecular flexibility index (Phi) is 15.9. The number of pyridine rings is 1. The van der Waals surface area contributed by atoms with Gasteiger partial charge in [0, 0.05) is 55.1 Å². The Hall–Kier alpha value is -5.02. The van der Waals surface area contributed by atoms with E-state index in [0.29, 0.717) is 54.8 Å². The average Bonchev–Trinajstić information content (AvgIpc) is 3.90. The molecule has 0 unspecified atom stereocenters. The molecule has 0 radical (unpaired) electrons. The summed E-state index contributed by atoms with van der Waals surface area (Å²) < 4.78 is 0.931. The van der Waals surface area contributed by atoms with Crippen LogP contribution in [0.5, 0.6) is 0 Å². The summed E-state index contributed by atoms with van der Waals surface area (Å²) >= 11 is 3.31. The van der Waals surface area contributed by atoms with Crippen LogP contribution in [0.3, 0.4) is 0 Å². The molecule has 6 N–H and O–H groups in total. The molecule has 0 spiro atoms. The lowest BCUT2D eigenvalue weighted by molar-refractivity contribution is -0.122. The molecule has 2 aliphatic heterocycles. The van der Waals surface area contributed by atoms with Crippen molar-refractivity contribution in [2.75, 3.05) is 29.5 Å². The number of hydrogen-bond acceptors (Lipinski definition) is 9. The molecule has 13 nitrogen and oxygen atoms in total. The fourth-order valence-electron chi connectivity index (χ4n) is 7.21. The van der Waals surface area contributed by atoms with Crippen molar-refractivity contribution in [3.63, 3.8) is 0 Å². The van der Waals surface area contributed by atoms with Gasteiger partial charge in [-0.2, -0.15) is 11.8 Å². The maximum Gasteiger partial charge on any atom is 0.315 e. The standard InChI is InChI=1S/C43H54N8O5S2/c1-28-33(47-40(55)23-29-13-5-2-6-14-29)24-31(26-46-28)30-19-20-32-36(25-30)58-43(49-32)50-39(54)18-8-4-12-22-44-37(52)16-7-3-11-21-45-38(53)17-10-9-15-35-41-34(27-57-35)48-42(56)51-41/h2,5-6,13-14,19-20,24-26,34-35,41H,3-4,7-12,15-18,21-23,27H2,1H3,(H,44,52)(H,45,53)(H,47,55)(H2,48,51,56)(H,49,50,54)/t34-,35-,41-/m0/s1. The maximum absolute atomic E-state index is 12.7. The molecule has 58 heavy (non-hydrogen) atoms. The van der Waals surface area contributed by atoms with E-state index in [2.05, 4.69) is 41.9 Å². The van der Waals surface area contributed by atoms with Crippen molar-refractivity contribution in [3.05, 3.63) is 72.1 Å². The highest BCUT2D eigenvalue weighted by molar-refractivity contribution is 8.00. The van der Waals surface area contributed by atoms with Gasteiger partial charge in [0.1, 0.15) is 0 Å². The first kappa shape index (κ1) is 42.6. The van der Waals surface area contributed by atoms with Gasteiger partial charge < -0.3 is 31.9 Å². The second kappa shape index (κ2) is 21.7. The normalized spacial score (nSPS) is 17.0. The fraction of sp³-hybridized carbons (Fsp3) is 0.465. The molecular weight excluding hydrogens is 773 g/mol. The zero-order chi connectivity index (χ0) is 40.7. The van der Waals surface area contributed by atoms with Crippen LogP contribution in [0.1, 0.15) is 88.3 Å². The van der Waals surface area contributed by atoms with Gasteiger partial charge in [-0.3, -0.25) is 24.2 Å². The van der Waals surface area contributed by atoms with E-state index in [-0.39, 0.29) is 48.2 Å². The summed E-state index contributed by atoms with van der Waals surface area (Å²) in [6.45, 7) is 3.07. The molecule has 308 valence electrons. The van der Waals surface area contributed by atoms with Crippen LogP contribution in [0.25, 0.3) is 21.3 Å². The van der Waals surface area contributed by atoms with Crippen LogP contribution in [0.2, 0.25) is 0 Å². The third-order valence-corrected chi connectivity index (χ3v) is 12.9. The van der Waals surface area contributed by atoms with Crippen LogP contribution < -0.4 is 31.9 Å². The Morgan fingerprint density at radius 2 is 1.47 bits per heavy atom. The molecule has 4 heterocycles. The highest BCUT2D eigenvalue weighted by Crippen LogP contribution is 2.34. The number of carbonyl (C=O) groups excluding carboxylic acids is 5. The van der Waals surface area contributed by atoms with Gasteiger partial charge in [-0.05, 0) is 74.8 Å². The number of amides is 6. The third kappa shape index (κ3) is 13.0. The van der Waals surface area contributed by atoms with Gasteiger partial charge in [0.15, 0.2) is 5.13 Å². The zero-order valence-electron chi connectivity index (χ0n) is 33.1. The maximum atomic E-state index is 12.7. The summed E-state index contributed by atoms with van der Waals surface area (Å²) in [6, 6.07) is 17.8. The smallest absolute Gasteiger partial charge is 0.315 e. The van der Waals surface area contributed by atoms with Crippen molar-refractivity contribution < 1.29 is 24.0 Å². The van der Waals surface area contributed by atoms with Crippen LogP contribution in [-0.2, 0) is 25.6 Å².